The molecule has 1 aliphatic carbocycles. The van der Waals surface area contributed by atoms with Crippen molar-refractivity contribution in [2.75, 3.05) is 13.7 Å². The number of carbonyl (C=O) groups excluding carboxylic acids is 2. The van der Waals surface area contributed by atoms with Crippen LogP contribution in [-0.4, -0.2) is 41.4 Å². The topological polar surface area (TPSA) is 88.4 Å². The lowest BCUT2D eigenvalue weighted by Gasteiger charge is -2.28. The van der Waals surface area contributed by atoms with Gasteiger partial charge in [0.15, 0.2) is 0 Å². The fourth-order valence-electron chi connectivity index (χ4n) is 4.40. The van der Waals surface area contributed by atoms with Crippen LogP contribution >= 0.6 is 0 Å². The third-order valence-electron chi connectivity index (χ3n) is 5.84. The third kappa shape index (κ3) is 1.89. The molecule has 2 aromatic rings. The van der Waals surface area contributed by atoms with Gasteiger partial charge in [-0.1, -0.05) is 19.9 Å². The minimum atomic E-state index is -0.522. The summed E-state index contributed by atoms with van der Waals surface area (Å²) < 4.78 is 5.34. The molecule has 2 fully saturated rings. The molecule has 0 spiro atoms. The second-order valence-electron chi connectivity index (χ2n) is 7.36. The molecule has 1 aliphatic heterocycles. The van der Waals surface area contributed by atoms with Crippen LogP contribution in [0.1, 0.15) is 24.3 Å². The first-order chi connectivity index (χ1) is 11.4. The molecule has 24 heavy (non-hydrogen) atoms. The van der Waals surface area contributed by atoms with Gasteiger partial charge in [0.2, 0.25) is 5.91 Å². The molecule has 1 saturated heterocycles. The second-order valence-corrected chi connectivity index (χ2v) is 7.36. The van der Waals surface area contributed by atoms with Crippen LogP contribution in [0.3, 0.4) is 0 Å². The molecule has 3 N–H and O–H groups in total. The summed E-state index contributed by atoms with van der Waals surface area (Å²) in [6, 6.07) is 6.87. The maximum Gasteiger partial charge on any atom is 0.271 e. The van der Waals surface area contributed by atoms with Crippen molar-refractivity contribution in [1.29, 1.82) is 0 Å². The van der Waals surface area contributed by atoms with Gasteiger partial charge < -0.3 is 20.4 Å². The molecule has 6 heteroatoms. The van der Waals surface area contributed by atoms with Crippen molar-refractivity contribution in [1.82, 2.24) is 9.88 Å². The van der Waals surface area contributed by atoms with Gasteiger partial charge in [0.1, 0.15) is 17.5 Å². The predicted molar refractivity (Wildman–Crippen MR) is 89.6 cm³/mol. The molecule has 1 aromatic carbocycles. The molecule has 6 nitrogen and oxygen atoms in total. The number of likely N-dealkylation sites (tertiary alicyclic amines) is 1. The fraction of sp³-hybridized carbons (Fsp3) is 0.444. The summed E-state index contributed by atoms with van der Waals surface area (Å²) in [6.07, 6.45) is 0. The van der Waals surface area contributed by atoms with E-state index < -0.39 is 11.9 Å². The summed E-state index contributed by atoms with van der Waals surface area (Å²) in [7, 11) is 1.60. The monoisotopic (exact) mass is 327 g/mol. The Hall–Kier alpha value is -2.50. The van der Waals surface area contributed by atoms with Gasteiger partial charge in [-0.3, -0.25) is 9.59 Å². The second kappa shape index (κ2) is 4.75. The fourth-order valence-corrected chi connectivity index (χ4v) is 4.40. The van der Waals surface area contributed by atoms with Crippen molar-refractivity contribution in [2.24, 2.45) is 23.0 Å². The molecule has 126 valence electrons. The Balaban J connectivity index is 1.68. The quantitative estimate of drug-likeness (QED) is 0.900. The first kappa shape index (κ1) is 15.1. The normalized spacial score (nSPS) is 27.1. The van der Waals surface area contributed by atoms with Crippen LogP contribution in [0.15, 0.2) is 24.3 Å². The molecule has 3 atom stereocenters. The van der Waals surface area contributed by atoms with Crippen molar-refractivity contribution in [3.05, 3.63) is 30.0 Å². The molecule has 0 unspecified atom stereocenters. The number of nitrogens with two attached hydrogens (primary N) is 1. The number of amides is 2. The van der Waals surface area contributed by atoms with E-state index in [1.807, 2.05) is 18.2 Å². The average molecular weight is 327 g/mol. The van der Waals surface area contributed by atoms with Gasteiger partial charge in [-0.15, -0.1) is 0 Å². The highest BCUT2D eigenvalue weighted by atomic mass is 16.5. The van der Waals surface area contributed by atoms with Crippen LogP contribution in [0.5, 0.6) is 5.75 Å². The van der Waals surface area contributed by atoms with Gasteiger partial charge >= 0.3 is 0 Å². The van der Waals surface area contributed by atoms with E-state index in [0.29, 0.717) is 23.9 Å². The number of nitrogens with one attached hydrogen (secondary N) is 1. The summed E-state index contributed by atoms with van der Waals surface area (Å²) >= 11 is 0. The van der Waals surface area contributed by atoms with Crippen LogP contribution in [0.4, 0.5) is 0 Å². The van der Waals surface area contributed by atoms with E-state index in [4.69, 9.17) is 10.5 Å². The maximum absolute atomic E-state index is 13.0. The number of primary amides is 1. The maximum atomic E-state index is 13.0. The molecular weight excluding hydrogens is 306 g/mol. The van der Waals surface area contributed by atoms with Gasteiger partial charge in [-0.25, -0.2) is 0 Å². The highest BCUT2D eigenvalue weighted by molar-refractivity contribution is 6.02. The number of aromatic nitrogens is 1. The smallest absolute Gasteiger partial charge is 0.271 e. The number of carbonyl (C=O) groups is 2. The lowest BCUT2D eigenvalue weighted by molar-refractivity contribution is -0.122. The Labute approximate surface area is 139 Å². The Morgan fingerprint density at radius 1 is 1.38 bits per heavy atom. The molecule has 2 heterocycles. The van der Waals surface area contributed by atoms with E-state index in [1.165, 1.54) is 0 Å². The van der Waals surface area contributed by atoms with Crippen molar-refractivity contribution >= 4 is 22.7 Å². The molecular formula is C18H21N3O3. The third-order valence-corrected chi connectivity index (χ3v) is 5.84. The number of piperidine rings is 1. The summed E-state index contributed by atoms with van der Waals surface area (Å²) in [5, 5.41) is 0.851. The lowest BCUT2D eigenvalue weighted by atomic mass is 10.0. The Morgan fingerprint density at radius 2 is 2.12 bits per heavy atom. The number of hydrogen-bond acceptors (Lipinski definition) is 3. The van der Waals surface area contributed by atoms with Crippen LogP contribution in [-0.2, 0) is 4.79 Å². The summed E-state index contributed by atoms with van der Waals surface area (Å²) in [5.74, 6) is 0.616. The Kier molecular flexibility index (Phi) is 2.98. The zero-order valence-electron chi connectivity index (χ0n) is 14.0. The molecule has 2 aliphatic rings. The summed E-state index contributed by atoms with van der Waals surface area (Å²) in [6.45, 7) is 4.85. The highest BCUT2D eigenvalue weighted by Crippen LogP contribution is 2.64. The van der Waals surface area contributed by atoms with Gasteiger partial charge in [-0.05, 0) is 35.4 Å². The van der Waals surface area contributed by atoms with E-state index in [0.717, 1.165) is 10.9 Å². The molecule has 2 amide bonds. The SMILES string of the molecule is COc1cccc2[nH]c(C(=O)N3C[C@H]4[C@@H]([C@H]3C(N)=O)C4(C)C)cc12. The van der Waals surface area contributed by atoms with Crippen LogP contribution in [0.2, 0.25) is 0 Å². The molecule has 4 rings (SSSR count). The number of benzene rings is 1. The summed E-state index contributed by atoms with van der Waals surface area (Å²) in [5.41, 5.74) is 6.97. The number of aromatic amines is 1. The van der Waals surface area contributed by atoms with Crippen molar-refractivity contribution in [3.63, 3.8) is 0 Å². The standard InChI is InChI=1S/C18H21N3O3/c1-18(2)10-8-21(15(14(10)18)16(19)22)17(23)12-7-9-11(20-12)5-4-6-13(9)24-3/h4-7,10,14-15,20H,8H2,1-3H3,(H2,19,22)/t10-,14-,15-/m0/s1. The van der Waals surface area contributed by atoms with Gasteiger partial charge in [0.05, 0.1) is 7.11 Å². The average Bonchev–Trinajstić information content (AvgIpc) is 2.97. The zero-order valence-corrected chi connectivity index (χ0v) is 14.0. The molecule has 0 radical (unpaired) electrons. The van der Waals surface area contributed by atoms with Crippen LogP contribution in [0.25, 0.3) is 10.9 Å². The number of methoxy groups -OCH3 is 1. The van der Waals surface area contributed by atoms with Gasteiger partial charge in [-0.2, -0.15) is 0 Å². The summed E-state index contributed by atoms with van der Waals surface area (Å²) in [4.78, 5) is 29.7. The highest BCUT2D eigenvalue weighted by Gasteiger charge is 2.69. The van der Waals surface area contributed by atoms with E-state index in [1.54, 1.807) is 18.1 Å². The number of fused-ring (bicyclic) bond motifs is 2. The zero-order chi connectivity index (χ0) is 17.2. The number of nitrogens with zero attached hydrogens (tertiary/aromatic N) is 1. The van der Waals surface area contributed by atoms with E-state index in [2.05, 4.69) is 18.8 Å². The van der Waals surface area contributed by atoms with Crippen molar-refractivity contribution in [2.45, 2.75) is 19.9 Å². The van der Waals surface area contributed by atoms with E-state index in [9.17, 15) is 9.59 Å². The Morgan fingerprint density at radius 3 is 2.79 bits per heavy atom. The molecule has 0 bridgehead atoms. The predicted octanol–water partition coefficient (Wildman–Crippen LogP) is 1.76. The number of ether oxygens (including phenoxy) is 1. The molecule has 1 aromatic heterocycles. The van der Waals surface area contributed by atoms with Crippen LogP contribution in [0, 0.1) is 17.3 Å². The lowest BCUT2D eigenvalue weighted by Crippen LogP contribution is -2.48. The number of H-pyrrole nitrogens is 1. The van der Waals surface area contributed by atoms with E-state index in [-0.39, 0.29) is 17.2 Å². The van der Waals surface area contributed by atoms with Crippen molar-refractivity contribution in [3.8, 4) is 5.75 Å². The largest absolute Gasteiger partial charge is 0.496 e. The minimum absolute atomic E-state index is 0.0835. The number of hydrogen-bond donors (Lipinski definition) is 2. The minimum Gasteiger partial charge on any atom is -0.496 e. The van der Waals surface area contributed by atoms with Gasteiger partial charge in [0.25, 0.3) is 5.91 Å². The van der Waals surface area contributed by atoms with Crippen molar-refractivity contribution < 1.29 is 14.3 Å². The first-order valence-electron chi connectivity index (χ1n) is 8.12. The van der Waals surface area contributed by atoms with Gasteiger partial charge in [0, 0.05) is 17.4 Å². The van der Waals surface area contributed by atoms with Crippen LogP contribution < -0.4 is 10.5 Å². The first-order valence-corrected chi connectivity index (χ1v) is 8.12. The van der Waals surface area contributed by atoms with E-state index >= 15 is 0 Å². The number of rotatable bonds is 3. The Bertz CT molecular complexity index is 854. The molecule has 1 saturated carbocycles.